The molecular formula is C18H21FN4O. The number of benzene rings is 1. The van der Waals surface area contributed by atoms with Crippen molar-refractivity contribution in [2.75, 3.05) is 24.3 Å². The van der Waals surface area contributed by atoms with E-state index in [4.69, 9.17) is 0 Å². The molecule has 126 valence electrons. The standard InChI is InChI=1S/C18H21FN4O/c1-18(16(24)21-14-8-4-7-13(19)10-14)9-5-6-12-11-20-17(23(2)3)22-15(12)18/h4,7-8,10-11H,5-6,9H2,1-3H3,(H,21,24). The van der Waals surface area contributed by atoms with Crippen molar-refractivity contribution in [1.82, 2.24) is 9.97 Å². The molecule has 1 amide bonds. The van der Waals surface area contributed by atoms with E-state index >= 15 is 0 Å². The highest BCUT2D eigenvalue weighted by Crippen LogP contribution is 2.37. The lowest BCUT2D eigenvalue weighted by molar-refractivity contribution is -0.121. The molecule has 1 aliphatic rings. The topological polar surface area (TPSA) is 58.1 Å². The number of anilines is 2. The number of amides is 1. The quantitative estimate of drug-likeness (QED) is 0.941. The van der Waals surface area contributed by atoms with E-state index in [0.717, 1.165) is 24.1 Å². The number of carbonyl (C=O) groups excluding carboxylic acids is 1. The van der Waals surface area contributed by atoms with Crippen LogP contribution in [0.2, 0.25) is 0 Å². The van der Waals surface area contributed by atoms with Gasteiger partial charge in [-0.1, -0.05) is 6.07 Å². The SMILES string of the molecule is CN(C)c1ncc2c(n1)C(C)(C(=O)Nc1cccc(F)c1)CCC2. The minimum absolute atomic E-state index is 0.169. The summed E-state index contributed by atoms with van der Waals surface area (Å²) in [5.41, 5.74) is 1.47. The molecule has 3 rings (SSSR count). The number of nitrogens with one attached hydrogen (secondary N) is 1. The smallest absolute Gasteiger partial charge is 0.236 e. The van der Waals surface area contributed by atoms with E-state index in [1.165, 1.54) is 12.1 Å². The fourth-order valence-corrected chi connectivity index (χ4v) is 3.08. The van der Waals surface area contributed by atoms with E-state index < -0.39 is 5.41 Å². The van der Waals surface area contributed by atoms with E-state index in [-0.39, 0.29) is 11.7 Å². The van der Waals surface area contributed by atoms with Gasteiger partial charge in [0.05, 0.1) is 11.1 Å². The summed E-state index contributed by atoms with van der Waals surface area (Å²) >= 11 is 0. The van der Waals surface area contributed by atoms with E-state index in [2.05, 4.69) is 15.3 Å². The van der Waals surface area contributed by atoms with Crippen LogP contribution in [-0.4, -0.2) is 30.0 Å². The Morgan fingerprint density at radius 1 is 1.38 bits per heavy atom. The lowest BCUT2D eigenvalue weighted by Gasteiger charge is -2.33. The van der Waals surface area contributed by atoms with Gasteiger partial charge in [0.25, 0.3) is 0 Å². The number of nitrogens with zero attached hydrogens (tertiary/aromatic N) is 3. The van der Waals surface area contributed by atoms with Crippen LogP contribution in [0.3, 0.4) is 0 Å². The normalized spacial score (nSPS) is 19.5. The molecule has 0 aliphatic heterocycles. The second kappa shape index (κ2) is 6.19. The maximum absolute atomic E-state index is 13.4. The van der Waals surface area contributed by atoms with Gasteiger partial charge >= 0.3 is 0 Å². The minimum atomic E-state index is -0.756. The Kier molecular flexibility index (Phi) is 4.22. The number of rotatable bonds is 3. The molecule has 1 N–H and O–H groups in total. The van der Waals surface area contributed by atoms with Gasteiger partial charge in [-0.05, 0) is 49.9 Å². The lowest BCUT2D eigenvalue weighted by atomic mass is 9.74. The number of hydrogen-bond acceptors (Lipinski definition) is 4. The molecule has 6 heteroatoms. The monoisotopic (exact) mass is 328 g/mol. The van der Waals surface area contributed by atoms with Crippen LogP contribution in [-0.2, 0) is 16.6 Å². The van der Waals surface area contributed by atoms with Crippen LogP contribution in [0.25, 0.3) is 0 Å². The highest BCUT2D eigenvalue weighted by atomic mass is 19.1. The number of aryl methyl sites for hydroxylation is 1. The molecule has 0 bridgehead atoms. The van der Waals surface area contributed by atoms with Crippen molar-refractivity contribution >= 4 is 17.5 Å². The first-order valence-corrected chi connectivity index (χ1v) is 8.01. The number of aromatic nitrogens is 2. The van der Waals surface area contributed by atoms with Gasteiger partial charge in [0.1, 0.15) is 5.82 Å². The molecule has 1 aliphatic carbocycles. The van der Waals surface area contributed by atoms with Crippen LogP contribution in [0, 0.1) is 5.82 Å². The number of carbonyl (C=O) groups is 1. The Labute approximate surface area is 140 Å². The van der Waals surface area contributed by atoms with Crippen molar-refractivity contribution in [2.24, 2.45) is 0 Å². The van der Waals surface area contributed by atoms with E-state index in [9.17, 15) is 9.18 Å². The summed E-state index contributed by atoms with van der Waals surface area (Å²) in [5, 5.41) is 2.83. The van der Waals surface area contributed by atoms with Crippen LogP contribution in [0.4, 0.5) is 16.0 Å². The Balaban J connectivity index is 1.95. The van der Waals surface area contributed by atoms with Gasteiger partial charge in [0.2, 0.25) is 11.9 Å². The van der Waals surface area contributed by atoms with E-state index in [1.54, 1.807) is 12.1 Å². The summed E-state index contributed by atoms with van der Waals surface area (Å²) in [6.07, 6.45) is 4.27. The van der Waals surface area contributed by atoms with Gasteiger partial charge in [-0.25, -0.2) is 14.4 Å². The maximum atomic E-state index is 13.4. The second-order valence-electron chi connectivity index (χ2n) is 6.59. The molecule has 0 spiro atoms. The van der Waals surface area contributed by atoms with Crippen LogP contribution in [0.5, 0.6) is 0 Å². The van der Waals surface area contributed by atoms with Crippen LogP contribution < -0.4 is 10.2 Å². The number of halogens is 1. The van der Waals surface area contributed by atoms with Gasteiger partial charge in [-0.3, -0.25) is 4.79 Å². The molecule has 24 heavy (non-hydrogen) atoms. The van der Waals surface area contributed by atoms with Crippen molar-refractivity contribution in [2.45, 2.75) is 31.6 Å². The predicted molar refractivity (Wildman–Crippen MR) is 91.7 cm³/mol. The molecule has 1 unspecified atom stereocenters. The zero-order valence-corrected chi connectivity index (χ0v) is 14.1. The predicted octanol–water partition coefficient (Wildman–Crippen LogP) is 2.91. The lowest BCUT2D eigenvalue weighted by Crippen LogP contribution is -2.41. The molecule has 0 saturated carbocycles. The second-order valence-corrected chi connectivity index (χ2v) is 6.59. The van der Waals surface area contributed by atoms with Gasteiger partial charge < -0.3 is 10.2 Å². The Morgan fingerprint density at radius 3 is 2.88 bits per heavy atom. The van der Waals surface area contributed by atoms with Crippen molar-refractivity contribution < 1.29 is 9.18 Å². The Hall–Kier alpha value is -2.50. The fraction of sp³-hybridized carbons (Fsp3) is 0.389. The highest BCUT2D eigenvalue weighted by molar-refractivity contribution is 5.99. The summed E-state index contributed by atoms with van der Waals surface area (Å²) in [6.45, 7) is 1.89. The first-order chi connectivity index (χ1) is 11.4. The summed E-state index contributed by atoms with van der Waals surface area (Å²) in [5.74, 6) is 0.0390. The molecule has 1 heterocycles. The molecule has 0 saturated heterocycles. The molecule has 0 radical (unpaired) electrons. The van der Waals surface area contributed by atoms with Crippen molar-refractivity contribution in [3.05, 3.63) is 47.5 Å². The third-order valence-corrected chi connectivity index (χ3v) is 4.48. The zero-order valence-electron chi connectivity index (χ0n) is 14.1. The van der Waals surface area contributed by atoms with Crippen molar-refractivity contribution in [3.8, 4) is 0 Å². The molecule has 1 aromatic carbocycles. The number of fused-ring (bicyclic) bond motifs is 1. The molecule has 1 aromatic heterocycles. The van der Waals surface area contributed by atoms with Gasteiger partial charge in [-0.15, -0.1) is 0 Å². The fourth-order valence-electron chi connectivity index (χ4n) is 3.08. The van der Waals surface area contributed by atoms with Gasteiger partial charge in [0, 0.05) is 26.0 Å². The van der Waals surface area contributed by atoms with Gasteiger partial charge in [0.15, 0.2) is 0 Å². The maximum Gasteiger partial charge on any atom is 0.236 e. The summed E-state index contributed by atoms with van der Waals surface area (Å²) in [6, 6.07) is 5.92. The molecular weight excluding hydrogens is 307 g/mol. The summed E-state index contributed by atoms with van der Waals surface area (Å²) in [4.78, 5) is 23.7. The Bertz CT molecular complexity index is 777. The summed E-state index contributed by atoms with van der Waals surface area (Å²) in [7, 11) is 3.74. The van der Waals surface area contributed by atoms with Crippen LogP contribution in [0.15, 0.2) is 30.5 Å². The van der Waals surface area contributed by atoms with Crippen molar-refractivity contribution in [3.63, 3.8) is 0 Å². The zero-order chi connectivity index (χ0) is 17.3. The third kappa shape index (κ3) is 2.96. The molecule has 0 fully saturated rings. The van der Waals surface area contributed by atoms with E-state index in [1.807, 2.05) is 32.1 Å². The molecule has 2 aromatic rings. The minimum Gasteiger partial charge on any atom is -0.347 e. The largest absolute Gasteiger partial charge is 0.347 e. The highest BCUT2D eigenvalue weighted by Gasteiger charge is 2.41. The van der Waals surface area contributed by atoms with Crippen LogP contribution >= 0.6 is 0 Å². The third-order valence-electron chi connectivity index (χ3n) is 4.48. The first-order valence-electron chi connectivity index (χ1n) is 8.01. The Morgan fingerprint density at radius 2 is 2.17 bits per heavy atom. The first kappa shape index (κ1) is 16.4. The van der Waals surface area contributed by atoms with E-state index in [0.29, 0.717) is 18.1 Å². The number of hydrogen-bond donors (Lipinski definition) is 1. The van der Waals surface area contributed by atoms with Crippen LogP contribution in [0.1, 0.15) is 31.0 Å². The van der Waals surface area contributed by atoms with Gasteiger partial charge in [-0.2, -0.15) is 0 Å². The molecule has 1 atom stereocenters. The average molecular weight is 328 g/mol. The van der Waals surface area contributed by atoms with Crippen molar-refractivity contribution in [1.29, 1.82) is 0 Å². The average Bonchev–Trinajstić information content (AvgIpc) is 2.54. The molecule has 5 nitrogen and oxygen atoms in total. The summed E-state index contributed by atoms with van der Waals surface area (Å²) < 4.78 is 13.4.